The topological polar surface area (TPSA) is 61.3 Å². The van der Waals surface area contributed by atoms with E-state index in [9.17, 15) is 4.39 Å². The van der Waals surface area contributed by atoms with Gasteiger partial charge in [0.05, 0.1) is 12.3 Å². The number of halogens is 1. The number of nitrogens with two attached hydrogens (primary N) is 2. The summed E-state index contributed by atoms with van der Waals surface area (Å²) in [5, 5.41) is 0. The molecule has 70 valence electrons. The molecule has 1 aliphatic heterocycles. The summed E-state index contributed by atoms with van der Waals surface area (Å²) in [6, 6.07) is 2.47. The first-order valence-electron chi connectivity index (χ1n) is 4.16. The third kappa shape index (κ3) is 1.33. The Balaban J connectivity index is 2.56. The highest BCUT2D eigenvalue weighted by Gasteiger charge is 2.20. The predicted octanol–water partition coefficient (Wildman–Crippen LogP) is 1.19. The zero-order valence-corrected chi connectivity index (χ0v) is 7.09. The van der Waals surface area contributed by atoms with Gasteiger partial charge in [-0.15, -0.1) is 0 Å². The molecule has 1 aromatic rings. The van der Waals surface area contributed by atoms with Crippen LogP contribution in [-0.4, -0.2) is 6.61 Å². The van der Waals surface area contributed by atoms with Gasteiger partial charge in [0.15, 0.2) is 0 Å². The number of rotatable bonds is 0. The Morgan fingerprint density at radius 2 is 2.23 bits per heavy atom. The molecule has 0 spiro atoms. The van der Waals surface area contributed by atoms with Crippen molar-refractivity contribution in [3.05, 3.63) is 23.5 Å². The van der Waals surface area contributed by atoms with E-state index in [-0.39, 0.29) is 11.9 Å². The first-order valence-corrected chi connectivity index (χ1v) is 4.16. The molecule has 4 N–H and O–H groups in total. The van der Waals surface area contributed by atoms with Crippen LogP contribution in [0.3, 0.4) is 0 Å². The highest BCUT2D eigenvalue weighted by Crippen LogP contribution is 2.35. The van der Waals surface area contributed by atoms with Crippen LogP contribution in [0.2, 0.25) is 0 Å². The molecule has 1 atom stereocenters. The number of ether oxygens (including phenoxy) is 1. The zero-order valence-electron chi connectivity index (χ0n) is 7.09. The number of fused-ring (bicyclic) bond motifs is 1. The van der Waals surface area contributed by atoms with Gasteiger partial charge in [0.25, 0.3) is 0 Å². The molecule has 13 heavy (non-hydrogen) atoms. The molecule has 1 aromatic carbocycles. The molecule has 4 heteroatoms. The Kier molecular flexibility index (Phi) is 1.84. The van der Waals surface area contributed by atoms with Gasteiger partial charge in [0.2, 0.25) is 0 Å². The maximum atomic E-state index is 12.9. The van der Waals surface area contributed by atoms with Crippen molar-refractivity contribution in [2.24, 2.45) is 5.73 Å². The third-order valence-corrected chi connectivity index (χ3v) is 2.19. The Labute approximate surface area is 75.5 Å². The summed E-state index contributed by atoms with van der Waals surface area (Å²) in [6.07, 6.45) is 0.704. The predicted molar refractivity (Wildman–Crippen MR) is 47.9 cm³/mol. The number of hydrogen-bond donors (Lipinski definition) is 2. The van der Waals surface area contributed by atoms with E-state index >= 15 is 0 Å². The number of benzene rings is 1. The van der Waals surface area contributed by atoms with Crippen molar-refractivity contribution in [3.63, 3.8) is 0 Å². The molecule has 3 nitrogen and oxygen atoms in total. The lowest BCUT2D eigenvalue weighted by Crippen LogP contribution is -2.21. The second-order valence-corrected chi connectivity index (χ2v) is 3.16. The molecular formula is C9H11FN2O. The Bertz CT molecular complexity index is 341. The first-order chi connectivity index (χ1) is 6.18. The third-order valence-electron chi connectivity index (χ3n) is 2.19. The van der Waals surface area contributed by atoms with E-state index in [1.54, 1.807) is 0 Å². The number of anilines is 1. The van der Waals surface area contributed by atoms with E-state index < -0.39 is 0 Å². The molecule has 0 fully saturated rings. The van der Waals surface area contributed by atoms with Crippen molar-refractivity contribution in [1.29, 1.82) is 0 Å². The molecule has 2 rings (SSSR count). The molecule has 0 aliphatic carbocycles. The van der Waals surface area contributed by atoms with Gasteiger partial charge in [-0.1, -0.05) is 0 Å². The van der Waals surface area contributed by atoms with Crippen LogP contribution in [0.25, 0.3) is 0 Å². The summed E-state index contributed by atoms with van der Waals surface area (Å²) < 4.78 is 18.2. The second kappa shape index (κ2) is 2.88. The van der Waals surface area contributed by atoms with Gasteiger partial charge in [-0.2, -0.15) is 0 Å². The SMILES string of the molecule is Nc1cc(F)cc2c1OCC[C@H]2N. The highest BCUT2D eigenvalue weighted by molar-refractivity contribution is 5.58. The average Bonchev–Trinajstić information content (AvgIpc) is 2.07. The van der Waals surface area contributed by atoms with Gasteiger partial charge >= 0.3 is 0 Å². The normalized spacial score (nSPS) is 20.6. The molecule has 1 aliphatic rings. The lowest BCUT2D eigenvalue weighted by Gasteiger charge is -2.23. The van der Waals surface area contributed by atoms with Crippen LogP contribution >= 0.6 is 0 Å². The highest BCUT2D eigenvalue weighted by atomic mass is 19.1. The van der Waals surface area contributed by atoms with E-state index in [2.05, 4.69) is 0 Å². The summed E-state index contributed by atoms with van der Waals surface area (Å²) in [4.78, 5) is 0. The van der Waals surface area contributed by atoms with Crippen LogP contribution in [0.5, 0.6) is 5.75 Å². The Morgan fingerprint density at radius 3 is 3.00 bits per heavy atom. The van der Waals surface area contributed by atoms with Crippen LogP contribution in [0.15, 0.2) is 12.1 Å². The summed E-state index contributed by atoms with van der Waals surface area (Å²) in [5.74, 6) is 0.178. The van der Waals surface area contributed by atoms with Crippen LogP contribution in [-0.2, 0) is 0 Å². The summed E-state index contributed by atoms with van der Waals surface area (Å²) in [5.41, 5.74) is 12.4. The number of hydrogen-bond acceptors (Lipinski definition) is 3. The van der Waals surface area contributed by atoms with E-state index in [0.29, 0.717) is 30.0 Å². The minimum atomic E-state index is -0.364. The van der Waals surface area contributed by atoms with E-state index in [1.807, 2.05) is 0 Å². The fourth-order valence-electron chi connectivity index (χ4n) is 1.52. The maximum absolute atomic E-state index is 12.9. The molecule has 0 amide bonds. The molecule has 0 aromatic heterocycles. The molecule has 0 radical (unpaired) electrons. The van der Waals surface area contributed by atoms with Crippen LogP contribution in [0, 0.1) is 5.82 Å². The van der Waals surface area contributed by atoms with Gasteiger partial charge in [0.1, 0.15) is 11.6 Å². The van der Waals surface area contributed by atoms with Gasteiger partial charge in [-0.25, -0.2) is 4.39 Å². The lowest BCUT2D eigenvalue weighted by molar-refractivity contribution is 0.270. The second-order valence-electron chi connectivity index (χ2n) is 3.16. The minimum absolute atomic E-state index is 0.165. The Hall–Kier alpha value is -1.29. The van der Waals surface area contributed by atoms with Gasteiger partial charge in [0, 0.05) is 24.1 Å². The molecule has 0 saturated carbocycles. The fourth-order valence-corrected chi connectivity index (χ4v) is 1.52. The maximum Gasteiger partial charge on any atom is 0.147 e. The number of nitrogen functional groups attached to an aromatic ring is 1. The minimum Gasteiger partial charge on any atom is -0.491 e. The molecule has 0 unspecified atom stereocenters. The smallest absolute Gasteiger partial charge is 0.147 e. The summed E-state index contributed by atoms with van der Waals surface area (Å²) in [7, 11) is 0. The Morgan fingerprint density at radius 1 is 1.46 bits per heavy atom. The van der Waals surface area contributed by atoms with Crippen molar-refractivity contribution in [3.8, 4) is 5.75 Å². The lowest BCUT2D eigenvalue weighted by atomic mass is 10.0. The van der Waals surface area contributed by atoms with E-state index in [4.69, 9.17) is 16.2 Å². The first kappa shape index (κ1) is 8.31. The molecule has 0 saturated heterocycles. The van der Waals surface area contributed by atoms with Gasteiger partial charge in [-0.3, -0.25) is 0 Å². The molecular weight excluding hydrogens is 171 g/mol. The van der Waals surface area contributed by atoms with Crippen molar-refractivity contribution >= 4 is 5.69 Å². The van der Waals surface area contributed by atoms with Gasteiger partial charge < -0.3 is 16.2 Å². The van der Waals surface area contributed by atoms with Crippen LogP contribution < -0.4 is 16.2 Å². The van der Waals surface area contributed by atoms with E-state index in [0.717, 1.165) is 0 Å². The standard InChI is InChI=1S/C9H11FN2O/c10-5-3-6-7(11)1-2-13-9(6)8(12)4-5/h3-4,7H,1-2,11-12H2/t7-/m1/s1. The summed E-state index contributed by atoms with van der Waals surface area (Å²) >= 11 is 0. The van der Waals surface area contributed by atoms with Crippen LogP contribution in [0.1, 0.15) is 18.0 Å². The quantitative estimate of drug-likeness (QED) is 0.592. The van der Waals surface area contributed by atoms with Crippen LogP contribution in [0.4, 0.5) is 10.1 Å². The summed E-state index contributed by atoms with van der Waals surface area (Å²) in [6.45, 7) is 0.546. The van der Waals surface area contributed by atoms with Crippen molar-refractivity contribution < 1.29 is 9.13 Å². The zero-order chi connectivity index (χ0) is 9.42. The van der Waals surface area contributed by atoms with Gasteiger partial charge in [-0.05, 0) is 6.07 Å². The molecule has 0 bridgehead atoms. The largest absolute Gasteiger partial charge is 0.491 e. The van der Waals surface area contributed by atoms with Crippen molar-refractivity contribution in [1.82, 2.24) is 0 Å². The van der Waals surface area contributed by atoms with Crippen molar-refractivity contribution in [2.45, 2.75) is 12.5 Å². The average molecular weight is 182 g/mol. The fraction of sp³-hybridized carbons (Fsp3) is 0.333. The molecule has 1 heterocycles. The van der Waals surface area contributed by atoms with Crippen molar-refractivity contribution in [2.75, 3.05) is 12.3 Å². The van der Waals surface area contributed by atoms with E-state index in [1.165, 1.54) is 12.1 Å². The monoisotopic (exact) mass is 182 g/mol.